The molecule has 2 aromatic heterocycles. The fraction of sp³-hybridized carbons (Fsp3) is 0.149. The summed E-state index contributed by atoms with van der Waals surface area (Å²) < 4.78 is 0. The zero-order chi connectivity index (χ0) is 34.9. The van der Waals surface area contributed by atoms with Crippen LogP contribution in [0.3, 0.4) is 0 Å². The molecule has 6 nitrogen and oxygen atoms in total. The van der Waals surface area contributed by atoms with E-state index in [9.17, 15) is 0 Å². The molecule has 6 aromatic carbocycles. The van der Waals surface area contributed by atoms with Gasteiger partial charge < -0.3 is 0 Å². The SMILES string of the molecule is c1ccc(-c2nc(-c3cccc(-c4nc(-c5ccccc5)nc(-c5cccc6ccccc56)n4)c3)nc(-c3cccc(C4C5CC6CC4C65)c3)n2)cc1. The van der Waals surface area contributed by atoms with Crippen LogP contribution in [0, 0.1) is 23.7 Å². The molecule has 3 aliphatic carbocycles. The first-order chi connectivity index (χ1) is 26.2. The summed E-state index contributed by atoms with van der Waals surface area (Å²) in [5, 5.41) is 2.23. The third-order valence-electron chi connectivity index (χ3n) is 11.9. The summed E-state index contributed by atoms with van der Waals surface area (Å²) in [6.45, 7) is 0. The van der Waals surface area contributed by atoms with Crippen molar-refractivity contribution in [1.82, 2.24) is 29.9 Å². The normalized spacial score (nSPS) is 20.9. The fourth-order valence-corrected chi connectivity index (χ4v) is 9.28. The number of benzene rings is 6. The molecule has 53 heavy (non-hydrogen) atoms. The highest BCUT2D eigenvalue weighted by Crippen LogP contribution is 2.75. The highest BCUT2D eigenvalue weighted by atomic mass is 15.0. The molecular weight excluding hydrogens is 649 g/mol. The Morgan fingerprint density at radius 2 is 0.830 bits per heavy atom. The zero-order valence-corrected chi connectivity index (χ0v) is 28.9. The monoisotopic (exact) mass is 682 g/mol. The highest BCUT2D eigenvalue weighted by Gasteiger charge is 2.67. The van der Waals surface area contributed by atoms with Crippen molar-refractivity contribution in [2.45, 2.75) is 18.8 Å². The summed E-state index contributed by atoms with van der Waals surface area (Å²) >= 11 is 0. The second-order valence-electron chi connectivity index (χ2n) is 14.7. The van der Waals surface area contributed by atoms with E-state index in [2.05, 4.69) is 91.0 Å². The molecule has 2 unspecified atom stereocenters. The Kier molecular flexibility index (Phi) is 6.90. The predicted molar refractivity (Wildman–Crippen MR) is 209 cm³/mol. The van der Waals surface area contributed by atoms with Crippen LogP contribution < -0.4 is 0 Å². The zero-order valence-electron chi connectivity index (χ0n) is 28.9. The van der Waals surface area contributed by atoms with Crippen LogP contribution in [0.5, 0.6) is 0 Å². The smallest absolute Gasteiger partial charge is 0.164 e. The lowest BCUT2D eigenvalue weighted by molar-refractivity contribution is -0.214. The van der Waals surface area contributed by atoms with Crippen molar-refractivity contribution in [3.05, 3.63) is 157 Å². The van der Waals surface area contributed by atoms with Gasteiger partial charge in [-0.15, -0.1) is 0 Å². The van der Waals surface area contributed by atoms with E-state index in [1.807, 2.05) is 60.7 Å². The lowest BCUT2D eigenvalue weighted by Gasteiger charge is -2.73. The molecule has 2 heterocycles. The van der Waals surface area contributed by atoms with Gasteiger partial charge in [-0.3, -0.25) is 0 Å². The van der Waals surface area contributed by atoms with E-state index in [-0.39, 0.29) is 0 Å². The maximum Gasteiger partial charge on any atom is 0.164 e. The molecular formula is C47H34N6. The average Bonchev–Trinajstić information content (AvgIpc) is 3.23. The first kappa shape index (κ1) is 30.2. The lowest BCUT2D eigenvalue weighted by Crippen LogP contribution is -2.65. The second-order valence-corrected chi connectivity index (χ2v) is 14.7. The molecule has 6 heteroatoms. The van der Waals surface area contributed by atoms with E-state index in [1.165, 1.54) is 18.4 Å². The minimum atomic E-state index is 0.585. The minimum Gasteiger partial charge on any atom is -0.208 e. The first-order valence-electron chi connectivity index (χ1n) is 18.6. The van der Waals surface area contributed by atoms with Gasteiger partial charge in [0.15, 0.2) is 34.9 Å². The number of fused-ring (bicyclic) bond motifs is 1. The number of nitrogens with zero attached hydrogens (tertiary/aromatic N) is 6. The van der Waals surface area contributed by atoms with Crippen LogP contribution in [0.1, 0.15) is 24.3 Å². The molecule has 0 bridgehead atoms. The Morgan fingerprint density at radius 1 is 0.377 bits per heavy atom. The Bertz CT molecular complexity index is 2660. The Balaban J connectivity index is 1.03. The summed E-state index contributed by atoms with van der Waals surface area (Å²) in [7, 11) is 0. The summed E-state index contributed by atoms with van der Waals surface area (Å²) in [6, 6.07) is 52.0. The van der Waals surface area contributed by atoms with E-state index in [0.29, 0.717) is 40.9 Å². The summed E-state index contributed by atoms with van der Waals surface area (Å²) in [4.78, 5) is 30.4. The van der Waals surface area contributed by atoms with Gasteiger partial charge in [-0.2, -0.15) is 0 Å². The average molecular weight is 683 g/mol. The Hall–Kier alpha value is -6.40. The topological polar surface area (TPSA) is 77.3 Å². The van der Waals surface area contributed by atoms with Crippen LogP contribution in [0.4, 0.5) is 0 Å². The third-order valence-corrected chi connectivity index (χ3v) is 11.9. The van der Waals surface area contributed by atoms with Gasteiger partial charge in [-0.05, 0) is 70.9 Å². The van der Waals surface area contributed by atoms with Gasteiger partial charge in [0.1, 0.15) is 0 Å². The van der Waals surface area contributed by atoms with Gasteiger partial charge >= 0.3 is 0 Å². The van der Waals surface area contributed by atoms with Crippen LogP contribution >= 0.6 is 0 Å². The van der Waals surface area contributed by atoms with Gasteiger partial charge in [0.25, 0.3) is 0 Å². The van der Waals surface area contributed by atoms with Crippen molar-refractivity contribution >= 4 is 10.8 Å². The van der Waals surface area contributed by atoms with Crippen molar-refractivity contribution in [3.8, 4) is 68.3 Å². The van der Waals surface area contributed by atoms with E-state index < -0.39 is 0 Å². The van der Waals surface area contributed by atoms with Gasteiger partial charge in [-0.25, -0.2) is 29.9 Å². The molecule has 0 spiro atoms. The van der Waals surface area contributed by atoms with Crippen molar-refractivity contribution in [1.29, 1.82) is 0 Å². The molecule has 0 N–H and O–H groups in total. The molecule has 0 saturated heterocycles. The maximum absolute atomic E-state index is 5.14. The number of rotatable bonds is 7. The van der Waals surface area contributed by atoms with E-state index in [1.54, 1.807) is 0 Å². The first-order valence-corrected chi connectivity index (χ1v) is 18.6. The minimum absolute atomic E-state index is 0.585. The molecule has 0 radical (unpaired) electrons. The standard InChI is InChI=1S/C47H34N6/c1-3-13-29(14-4-1)42-48-44(32-19-9-18-31(24-32)40-38-26-35-27-39(40)41(35)38)51-45(49-42)33-20-10-21-34(25-33)46-50-43(30-15-5-2-6-16-30)52-47(53-46)37-23-11-17-28-12-7-8-22-36(28)37/h1-25,35,38-41H,26-27H2. The van der Waals surface area contributed by atoms with Crippen LogP contribution in [-0.4, -0.2) is 29.9 Å². The largest absolute Gasteiger partial charge is 0.208 e. The summed E-state index contributed by atoms with van der Waals surface area (Å²) in [5.74, 6) is 8.17. The van der Waals surface area contributed by atoms with Gasteiger partial charge in [-0.1, -0.05) is 140 Å². The Morgan fingerprint density at radius 3 is 1.42 bits per heavy atom. The molecule has 3 saturated carbocycles. The van der Waals surface area contributed by atoms with E-state index in [0.717, 1.165) is 67.8 Å². The van der Waals surface area contributed by atoms with Crippen molar-refractivity contribution in [3.63, 3.8) is 0 Å². The van der Waals surface area contributed by atoms with E-state index >= 15 is 0 Å². The maximum atomic E-state index is 5.14. The second kappa shape index (κ2) is 12.1. The number of hydrogen-bond donors (Lipinski definition) is 0. The van der Waals surface area contributed by atoms with Gasteiger partial charge in [0, 0.05) is 33.4 Å². The molecule has 8 aromatic rings. The number of hydrogen-bond acceptors (Lipinski definition) is 6. The van der Waals surface area contributed by atoms with E-state index in [4.69, 9.17) is 29.9 Å². The summed E-state index contributed by atoms with van der Waals surface area (Å²) in [5.41, 5.74) is 7.02. The Labute approximate surface area is 307 Å². The molecule has 0 aliphatic heterocycles. The van der Waals surface area contributed by atoms with Crippen molar-refractivity contribution < 1.29 is 0 Å². The predicted octanol–water partition coefficient (Wildman–Crippen LogP) is 10.6. The van der Waals surface area contributed by atoms with Crippen LogP contribution in [0.25, 0.3) is 79.1 Å². The van der Waals surface area contributed by atoms with Crippen LogP contribution in [0.15, 0.2) is 152 Å². The third kappa shape index (κ3) is 5.08. The highest BCUT2D eigenvalue weighted by molar-refractivity contribution is 5.95. The van der Waals surface area contributed by atoms with Crippen LogP contribution in [-0.2, 0) is 0 Å². The summed E-state index contributed by atoms with van der Waals surface area (Å²) in [6.07, 6.45) is 2.80. The quantitative estimate of drug-likeness (QED) is 0.167. The van der Waals surface area contributed by atoms with Crippen molar-refractivity contribution in [2.75, 3.05) is 0 Å². The lowest BCUT2D eigenvalue weighted by atomic mass is 9.31. The fourth-order valence-electron chi connectivity index (χ4n) is 9.28. The molecule has 2 atom stereocenters. The van der Waals surface area contributed by atoms with Crippen molar-refractivity contribution in [2.24, 2.45) is 23.7 Å². The molecule has 11 rings (SSSR count). The molecule has 3 fully saturated rings. The van der Waals surface area contributed by atoms with Crippen LogP contribution in [0.2, 0.25) is 0 Å². The molecule has 252 valence electrons. The molecule has 0 amide bonds. The van der Waals surface area contributed by atoms with Gasteiger partial charge in [0.05, 0.1) is 0 Å². The molecule has 3 aliphatic rings. The number of aromatic nitrogens is 6. The van der Waals surface area contributed by atoms with Gasteiger partial charge in [0.2, 0.25) is 0 Å².